The lowest BCUT2D eigenvalue weighted by molar-refractivity contribution is -0.0833. The monoisotopic (exact) mass is 491 g/mol. The Morgan fingerprint density at radius 2 is 1.91 bits per heavy atom. The second-order valence-electron chi connectivity index (χ2n) is 8.66. The van der Waals surface area contributed by atoms with Crippen molar-refractivity contribution in [3.63, 3.8) is 0 Å². The summed E-state index contributed by atoms with van der Waals surface area (Å²) in [6, 6.07) is 6.65. The van der Waals surface area contributed by atoms with Crippen LogP contribution in [0.4, 0.5) is 29.2 Å². The summed E-state index contributed by atoms with van der Waals surface area (Å²) >= 11 is 0.503. The van der Waals surface area contributed by atoms with Gasteiger partial charge in [0.1, 0.15) is 16.5 Å². The molecule has 2 unspecified atom stereocenters. The van der Waals surface area contributed by atoms with Gasteiger partial charge in [0, 0.05) is 31.4 Å². The van der Waals surface area contributed by atoms with E-state index in [-0.39, 0.29) is 23.3 Å². The molecule has 34 heavy (non-hydrogen) atoms. The van der Waals surface area contributed by atoms with Crippen molar-refractivity contribution in [1.82, 2.24) is 14.5 Å². The molecular formula is C23H21F4N5OS. The van der Waals surface area contributed by atoms with E-state index < -0.39 is 16.8 Å². The van der Waals surface area contributed by atoms with Gasteiger partial charge < -0.3 is 9.80 Å². The van der Waals surface area contributed by atoms with Crippen LogP contribution in [0.5, 0.6) is 0 Å². The van der Waals surface area contributed by atoms with Crippen molar-refractivity contribution in [1.29, 1.82) is 0 Å². The summed E-state index contributed by atoms with van der Waals surface area (Å²) in [6.07, 6.45) is -2.58. The number of fused-ring (bicyclic) bond motifs is 2. The Morgan fingerprint density at radius 3 is 2.59 bits per heavy atom. The summed E-state index contributed by atoms with van der Waals surface area (Å²) in [4.78, 5) is 25.1. The van der Waals surface area contributed by atoms with E-state index in [4.69, 9.17) is 0 Å². The number of benzene rings is 1. The Labute approximate surface area is 197 Å². The quantitative estimate of drug-likeness (QED) is 0.476. The fourth-order valence-corrected chi connectivity index (χ4v) is 5.45. The van der Waals surface area contributed by atoms with Gasteiger partial charge >= 0.3 is 11.9 Å². The summed E-state index contributed by atoms with van der Waals surface area (Å²) in [6.45, 7) is 3.79. The first-order valence-electron chi connectivity index (χ1n) is 10.9. The van der Waals surface area contributed by atoms with Crippen molar-refractivity contribution < 1.29 is 17.6 Å². The van der Waals surface area contributed by atoms with Crippen molar-refractivity contribution in [3.8, 4) is 0 Å². The molecule has 11 heteroatoms. The number of allylic oxidation sites excluding steroid dienone is 2. The predicted molar refractivity (Wildman–Crippen MR) is 121 cm³/mol. The lowest BCUT2D eigenvalue weighted by atomic mass is 10.0. The zero-order chi connectivity index (χ0) is 24.0. The number of rotatable bonds is 4. The second-order valence-corrected chi connectivity index (χ2v) is 9.77. The number of aryl methyl sites for hydroxylation is 1. The minimum Gasteiger partial charge on any atom is -0.366 e. The van der Waals surface area contributed by atoms with Gasteiger partial charge in [-0.1, -0.05) is 17.5 Å². The first kappa shape index (κ1) is 22.8. The number of nitrogens with zero attached hydrogens (tertiary/aromatic N) is 5. The van der Waals surface area contributed by atoms with E-state index in [9.17, 15) is 22.4 Å². The summed E-state index contributed by atoms with van der Waals surface area (Å²) in [5.41, 5.74) is 4.95. The van der Waals surface area contributed by atoms with Crippen LogP contribution in [0.25, 0.3) is 0 Å². The van der Waals surface area contributed by atoms with Crippen LogP contribution in [0.15, 0.2) is 50.3 Å². The number of anilines is 2. The lowest BCUT2D eigenvalue weighted by Crippen LogP contribution is -2.43. The molecule has 6 nitrogen and oxygen atoms in total. The van der Waals surface area contributed by atoms with Gasteiger partial charge in [0.15, 0.2) is 0 Å². The minimum absolute atomic E-state index is 0.0920. The molecule has 2 aromatic rings. The number of thioether (sulfide) groups is 1. The fraction of sp³-hybridized carbons (Fsp3) is 0.435. The highest BCUT2D eigenvalue weighted by atomic mass is 32.2. The van der Waals surface area contributed by atoms with E-state index in [0.717, 1.165) is 25.1 Å². The topological polar surface area (TPSA) is 54.3 Å². The van der Waals surface area contributed by atoms with Crippen LogP contribution >= 0.6 is 11.8 Å². The molecule has 3 aliphatic heterocycles. The molecular weight excluding hydrogens is 470 g/mol. The maximum atomic E-state index is 13.4. The van der Waals surface area contributed by atoms with E-state index in [0.29, 0.717) is 42.5 Å². The first-order chi connectivity index (χ1) is 16.2. The van der Waals surface area contributed by atoms with Gasteiger partial charge in [-0.05, 0) is 55.7 Å². The van der Waals surface area contributed by atoms with Crippen molar-refractivity contribution in [2.75, 3.05) is 29.4 Å². The SMILES string of the molecule is Cc1nc(N2CCC3CC(C2)N(c2ccc(F)cc2)C3)nc(=O)n1CC1=C=C=C(C(F)(F)F)S1. The Balaban J connectivity index is 1.35. The second kappa shape index (κ2) is 8.65. The highest BCUT2D eigenvalue weighted by molar-refractivity contribution is 8.06. The molecule has 0 spiro atoms. The molecule has 0 saturated carbocycles. The van der Waals surface area contributed by atoms with Gasteiger partial charge in [-0.3, -0.25) is 4.57 Å². The Morgan fingerprint density at radius 1 is 1.15 bits per heavy atom. The van der Waals surface area contributed by atoms with E-state index >= 15 is 0 Å². The molecule has 2 saturated heterocycles. The molecule has 5 rings (SSSR count). The van der Waals surface area contributed by atoms with Crippen LogP contribution in [0.2, 0.25) is 0 Å². The van der Waals surface area contributed by atoms with Crippen LogP contribution in [-0.2, 0) is 6.54 Å². The third-order valence-electron chi connectivity index (χ3n) is 6.36. The highest BCUT2D eigenvalue weighted by Crippen LogP contribution is 2.40. The van der Waals surface area contributed by atoms with Crippen LogP contribution in [0.1, 0.15) is 18.7 Å². The molecule has 0 radical (unpaired) electrons. The van der Waals surface area contributed by atoms with Gasteiger partial charge in [0.2, 0.25) is 5.95 Å². The van der Waals surface area contributed by atoms with E-state index in [1.54, 1.807) is 19.1 Å². The van der Waals surface area contributed by atoms with Crippen LogP contribution in [0.3, 0.4) is 0 Å². The van der Waals surface area contributed by atoms with Gasteiger partial charge in [0.25, 0.3) is 0 Å². The number of halogens is 4. The van der Waals surface area contributed by atoms with Gasteiger partial charge in [-0.25, -0.2) is 9.18 Å². The van der Waals surface area contributed by atoms with Crippen LogP contribution in [-0.4, -0.2) is 46.4 Å². The summed E-state index contributed by atoms with van der Waals surface area (Å²) < 4.78 is 53.2. The molecule has 1 aromatic carbocycles. The van der Waals surface area contributed by atoms with E-state index in [1.807, 2.05) is 4.90 Å². The Hall–Kier alpha value is -3.00. The Bertz CT molecular complexity index is 1280. The van der Waals surface area contributed by atoms with Crippen molar-refractivity contribution in [2.45, 2.75) is 38.5 Å². The summed E-state index contributed by atoms with van der Waals surface area (Å²) in [5.74, 6) is 0.898. The average Bonchev–Trinajstić information content (AvgIpc) is 3.34. The standard InChI is InChI=1S/C23H21F4N5OS/c1-14-28-21(29-22(33)31(14)13-19-6-7-20(34-19)23(25,26)27)30-9-8-15-10-18(12-30)32(11-15)17-4-2-16(24)3-5-17/h2-5,15,18H,8-13H2,1H3. The molecule has 0 N–H and O–H groups in total. The average molecular weight is 492 g/mol. The molecule has 178 valence electrons. The molecule has 0 aliphatic carbocycles. The zero-order valence-corrected chi connectivity index (χ0v) is 19.1. The fourth-order valence-electron chi connectivity index (χ4n) is 4.69. The molecule has 2 bridgehead atoms. The van der Waals surface area contributed by atoms with Crippen LogP contribution in [0, 0.1) is 18.7 Å². The first-order valence-corrected chi connectivity index (χ1v) is 11.7. The third-order valence-corrected chi connectivity index (χ3v) is 7.37. The largest absolute Gasteiger partial charge is 0.430 e. The van der Waals surface area contributed by atoms with Gasteiger partial charge in [-0.15, -0.1) is 0 Å². The summed E-state index contributed by atoms with van der Waals surface area (Å²) in [5, 5.41) is 0. The van der Waals surface area contributed by atoms with Crippen LogP contribution < -0.4 is 15.5 Å². The molecule has 3 aliphatic rings. The summed E-state index contributed by atoms with van der Waals surface area (Å²) in [7, 11) is 0. The van der Waals surface area contributed by atoms with E-state index in [1.165, 1.54) is 16.7 Å². The lowest BCUT2D eigenvalue weighted by Gasteiger charge is -2.33. The van der Waals surface area contributed by atoms with Crippen molar-refractivity contribution in [2.24, 2.45) is 5.92 Å². The predicted octanol–water partition coefficient (Wildman–Crippen LogP) is 4.02. The smallest absolute Gasteiger partial charge is 0.366 e. The highest BCUT2D eigenvalue weighted by Gasteiger charge is 2.38. The van der Waals surface area contributed by atoms with E-state index in [2.05, 4.69) is 26.3 Å². The molecule has 2 atom stereocenters. The zero-order valence-electron chi connectivity index (χ0n) is 18.3. The molecule has 1 aromatic heterocycles. The maximum Gasteiger partial charge on any atom is 0.430 e. The van der Waals surface area contributed by atoms with Crippen molar-refractivity contribution in [3.05, 3.63) is 67.7 Å². The normalized spacial score (nSPS) is 22.1. The number of hydrogen-bond acceptors (Lipinski definition) is 6. The minimum atomic E-state index is -4.49. The molecule has 0 amide bonds. The van der Waals surface area contributed by atoms with Gasteiger partial charge in [-0.2, -0.15) is 23.1 Å². The molecule has 2 fully saturated rings. The number of hydrogen-bond donors (Lipinski definition) is 0. The maximum absolute atomic E-state index is 13.4. The number of aromatic nitrogens is 3. The Kier molecular flexibility index (Phi) is 5.80. The molecule has 4 heterocycles. The van der Waals surface area contributed by atoms with Gasteiger partial charge in [0.05, 0.1) is 11.4 Å². The third kappa shape index (κ3) is 4.51. The number of alkyl halides is 3. The van der Waals surface area contributed by atoms with Crippen molar-refractivity contribution >= 4 is 23.4 Å².